The third kappa shape index (κ3) is 3.29. The van der Waals surface area contributed by atoms with Crippen LogP contribution in [0.2, 0.25) is 0 Å². The highest BCUT2D eigenvalue weighted by Gasteiger charge is 2.35. The van der Waals surface area contributed by atoms with Crippen molar-refractivity contribution >= 4 is 11.3 Å². The molecule has 1 heterocycles. The molecule has 4 heteroatoms. The Bertz CT molecular complexity index is 384. The summed E-state index contributed by atoms with van der Waals surface area (Å²) in [6, 6.07) is 0.503. The van der Waals surface area contributed by atoms with Crippen molar-refractivity contribution in [3.05, 3.63) is 10.0 Å². The van der Waals surface area contributed by atoms with Crippen LogP contribution in [0.3, 0.4) is 0 Å². The summed E-state index contributed by atoms with van der Waals surface area (Å²) in [7, 11) is 0. The smallest absolute Gasteiger partial charge is 0.131 e. The average Bonchev–Trinajstić information content (AvgIpc) is 2.74. The second-order valence-corrected chi connectivity index (χ2v) is 7.45. The summed E-state index contributed by atoms with van der Waals surface area (Å²) in [5, 5.41) is 14.6. The first-order valence-corrected chi connectivity index (χ1v) is 7.86. The highest BCUT2D eigenvalue weighted by molar-refractivity contribution is 7.11. The summed E-state index contributed by atoms with van der Waals surface area (Å²) in [4.78, 5) is 0. The zero-order valence-electron chi connectivity index (χ0n) is 12.0. The molecule has 0 radical (unpaired) electrons. The second kappa shape index (κ2) is 5.66. The van der Waals surface area contributed by atoms with Crippen molar-refractivity contribution in [1.29, 1.82) is 0 Å². The van der Waals surface area contributed by atoms with Crippen LogP contribution in [0.15, 0.2) is 0 Å². The first kappa shape index (κ1) is 13.9. The molecule has 1 aromatic rings. The zero-order valence-corrected chi connectivity index (χ0v) is 12.8. The van der Waals surface area contributed by atoms with Gasteiger partial charge < -0.3 is 5.32 Å². The monoisotopic (exact) mass is 267 g/mol. The van der Waals surface area contributed by atoms with Crippen molar-refractivity contribution in [2.24, 2.45) is 5.41 Å². The average molecular weight is 267 g/mol. The van der Waals surface area contributed by atoms with Gasteiger partial charge in [0.25, 0.3) is 0 Å². The summed E-state index contributed by atoms with van der Waals surface area (Å²) in [5.41, 5.74) is 0.389. The van der Waals surface area contributed by atoms with Gasteiger partial charge in [-0.25, -0.2) is 0 Å². The third-order valence-electron chi connectivity index (χ3n) is 3.95. The van der Waals surface area contributed by atoms with Crippen molar-refractivity contribution in [1.82, 2.24) is 15.5 Å². The molecule has 1 unspecified atom stereocenters. The van der Waals surface area contributed by atoms with E-state index >= 15 is 0 Å². The van der Waals surface area contributed by atoms with Crippen molar-refractivity contribution in [3.8, 4) is 0 Å². The van der Waals surface area contributed by atoms with E-state index in [0.717, 1.165) is 11.6 Å². The number of nitrogens with one attached hydrogen (secondary N) is 1. The largest absolute Gasteiger partial charge is 0.308 e. The maximum Gasteiger partial charge on any atom is 0.131 e. The molecular weight excluding hydrogens is 242 g/mol. The number of nitrogens with zero attached hydrogens (tertiary/aromatic N) is 2. The van der Waals surface area contributed by atoms with Gasteiger partial charge >= 0.3 is 0 Å². The first-order chi connectivity index (χ1) is 8.49. The molecule has 1 aromatic heterocycles. The van der Waals surface area contributed by atoms with Gasteiger partial charge in [0.05, 0.1) is 0 Å². The molecule has 0 aromatic carbocycles. The van der Waals surface area contributed by atoms with Gasteiger partial charge in [0.15, 0.2) is 0 Å². The van der Waals surface area contributed by atoms with Crippen LogP contribution < -0.4 is 5.32 Å². The molecule has 2 rings (SSSR count). The molecule has 0 saturated heterocycles. The van der Waals surface area contributed by atoms with Gasteiger partial charge in [-0.2, -0.15) is 0 Å². The molecule has 1 saturated carbocycles. The second-order valence-electron chi connectivity index (χ2n) is 6.36. The SMILES string of the molecule is CC(C)NCc1nnc(C2CCCCC2(C)C)s1. The summed E-state index contributed by atoms with van der Waals surface area (Å²) >= 11 is 1.80. The predicted octanol–water partition coefficient (Wildman–Crippen LogP) is 3.72. The van der Waals surface area contributed by atoms with E-state index in [0.29, 0.717) is 17.4 Å². The van der Waals surface area contributed by atoms with Gasteiger partial charge in [-0.05, 0) is 18.3 Å². The molecule has 3 nitrogen and oxygen atoms in total. The Kier molecular flexibility index (Phi) is 4.38. The minimum atomic E-state index is 0.389. The fourth-order valence-corrected chi connectivity index (χ4v) is 3.86. The van der Waals surface area contributed by atoms with Gasteiger partial charge in [-0.3, -0.25) is 0 Å². The van der Waals surface area contributed by atoms with Gasteiger partial charge in [0.2, 0.25) is 0 Å². The van der Waals surface area contributed by atoms with Gasteiger partial charge in [0.1, 0.15) is 10.0 Å². The summed E-state index contributed by atoms with van der Waals surface area (Å²) < 4.78 is 0. The Morgan fingerprint density at radius 3 is 2.78 bits per heavy atom. The highest BCUT2D eigenvalue weighted by Crippen LogP contribution is 2.47. The topological polar surface area (TPSA) is 37.8 Å². The Balaban J connectivity index is 2.04. The van der Waals surface area contributed by atoms with E-state index in [9.17, 15) is 0 Å². The molecule has 1 N–H and O–H groups in total. The van der Waals surface area contributed by atoms with Crippen molar-refractivity contribution < 1.29 is 0 Å². The lowest BCUT2D eigenvalue weighted by Crippen LogP contribution is -2.25. The third-order valence-corrected chi connectivity index (χ3v) is 4.99. The molecular formula is C14H25N3S. The molecule has 1 aliphatic rings. The van der Waals surface area contributed by atoms with Crippen molar-refractivity contribution in [2.45, 2.75) is 71.9 Å². The van der Waals surface area contributed by atoms with E-state index in [1.165, 1.54) is 30.7 Å². The van der Waals surface area contributed by atoms with Gasteiger partial charge in [-0.1, -0.05) is 51.9 Å². The summed E-state index contributed by atoms with van der Waals surface area (Å²) in [6.07, 6.45) is 5.30. The van der Waals surface area contributed by atoms with E-state index < -0.39 is 0 Å². The van der Waals surface area contributed by atoms with Crippen LogP contribution in [0.1, 0.15) is 69.3 Å². The Morgan fingerprint density at radius 1 is 1.33 bits per heavy atom. The Morgan fingerprint density at radius 2 is 2.11 bits per heavy atom. The molecule has 1 fully saturated rings. The number of aromatic nitrogens is 2. The quantitative estimate of drug-likeness (QED) is 0.903. The molecule has 18 heavy (non-hydrogen) atoms. The molecule has 1 atom stereocenters. The molecule has 0 spiro atoms. The van der Waals surface area contributed by atoms with Crippen LogP contribution in [-0.2, 0) is 6.54 Å². The lowest BCUT2D eigenvalue weighted by atomic mass is 9.69. The predicted molar refractivity (Wildman–Crippen MR) is 76.9 cm³/mol. The van der Waals surface area contributed by atoms with Gasteiger partial charge in [0, 0.05) is 18.5 Å². The summed E-state index contributed by atoms with van der Waals surface area (Å²) in [5.74, 6) is 0.608. The van der Waals surface area contributed by atoms with Crippen molar-refractivity contribution in [2.75, 3.05) is 0 Å². The van der Waals surface area contributed by atoms with E-state index in [1.54, 1.807) is 11.3 Å². The normalized spacial score (nSPS) is 23.5. The summed E-state index contributed by atoms with van der Waals surface area (Å²) in [6.45, 7) is 9.93. The number of hydrogen-bond acceptors (Lipinski definition) is 4. The van der Waals surface area contributed by atoms with E-state index in [1.807, 2.05) is 0 Å². The van der Waals surface area contributed by atoms with Gasteiger partial charge in [-0.15, -0.1) is 10.2 Å². The fourth-order valence-electron chi connectivity index (χ4n) is 2.72. The maximum atomic E-state index is 4.44. The van der Waals surface area contributed by atoms with Crippen LogP contribution in [0.25, 0.3) is 0 Å². The number of hydrogen-bond donors (Lipinski definition) is 1. The fraction of sp³-hybridized carbons (Fsp3) is 0.857. The van der Waals surface area contributed by atoms with Crippen LogP contribution in [-0.4, -0.2) is 16.2 Å². The van der Waals surface area contributed by atoms with Crippen LogP contribution in [0, 0.1) is 5.41 Å². The molecule has 0 aliphatic heterocycles. The van der Waals surface area contributed by atoms with Crippen LogP contribution in [0.4, 0.5) is 0 Å². The van der Waals surface area contributed by atoms with Crippen LogP contribution >= 0.6 is 11.3 Å². The lowest BCUT2D eigenvalue weighted by molar-refractivity contribution is 0.198. The Labute approximate surface area is 114 Å². The minimum Gasteiger partial charge on any atom is -0.308 e. The molecule has 0 bridgehead atoms. The van der Waals surface area contributed by atoms with E-state index in [-0.39, 0.29) is 0 Å². The number of rotatable bonds is 4. The van der Waals surface area contributed by atoms with E-state index in [4.69, 9.17) is 0 Å². The molecule has 1 aliphatic carbocycles. The minimum absolute atomic E-state index is 0.389. The highest BCUT2D eigenvalue weighted by atomic mass is 32.1. The Hall–Kier alpha value is -0.480. The molecule has 0 amide bonds. The van der Waals surface area contributed by atoms with Crippen molar-refractivity contribution in [3.63, 3.8) is 0 Å². The standard InChI is InChI=1S/C14H25N3S/c1-10(2)15-9-12-16-17-13(18-12)11-7-5-6-8-14(11,3)4/h10-11,15H,5-9H2,1-4H3. The van der Waals surface area contributed by atoms with Crippen LogP contribution in [0.5, 0.6) is 0 Å². The van der Waals surface area contributed by atoms with E-state index in [2.05, 4.69) is 43.2 Å². The first-order valence-electron chi connectivity index (χ1n) is 7.05. The maximum absolute atomic E-state index is 4.44. The zero-order chi connectivity index (χ0) is 13.2. The lowest BCUT2D eigenvalue weighted by Gasteiger charge is -2.37. The molecule has 102 valence electrons.